The highest BCUT2D eigenvalue weighted by atomic mass is 16.5. The fourth-order valence-corrected chi connectivity index (χ4v) is 4.27. The summed E-state index contributed by atoms with van der Waals surface area (Å²) in [4.78, 5) is 16.8. The zero-order chi connectivity index (χ0) is 22.7. The summed E-state index contributed by atoms with van der Waals surface area (Å²) in [7, 11) is 3.09. The van der Waals surface area contributed by atoms with Crippen LogP contribution in [0.2, 0.25) is 0 Å². The molecule has 1 aliphatic rings. The molecule has 32 heavy (non-hydrogen) atoms. The smallest absolute Gasteiger partial charge is 0.200 e. The van der Waals surface area contributed by atoms with Gasteiger partial charge in [0.25, 0.3) is 0 Å². The summed E-state index contributed by atoms with van der Waals surface area (Å²) < 4.78 is 16.5. The quantitative estimate of drug-likeness (QED) is 0.543. The minimum Gasteiger partial charge on any atom is -0.872 e. The molecule has 0 radical (unpaired) electrons. The summed E-state index contributed by atoms with van der Waals surface area (Å²) in [5, 5.41) is 22.2. The lowest BCUT2D eigenvalue weighted by molar-refractivity contribution is -0.918. The second kappa shape index (κ2) is 9.60. The van der Waals surface area contributed by atoms with Crippen molar-refractivity contribution in [3.63, 3.8) is 0 Å². The number of nitrogens with zero attached hydrogens (tertiary/aromatic N) is 1. The van der Waals surface area contributed by atoms with Gasteiger partial charge in [0.2, 0.25) is 5.43 Å². The van der Waals surface area contributed by atoms with Crippen LogP contribution in [0.5, 0.6) is 17.2 Å². The Morgan fingerprint density at radius 2 is 1.88 bits per heavy atom. The van der Waals surface area contributed by atoms with Gasteiger partial charge in [0.15, 0.2) is 11.5 Å². The van der Waals surface area contributed by atoms with E-state index < -0.39 is 0 Å². The van der Waals surface area contributed by atoms with Crippen LogP contribution in [-0.2, 0) is 6.54 Å². The van der Waals surface area contributed by atoms with Crippen molar-refractivity contribution < 1.29 is 29.0 Å². The van der Waals surface area contributed by atoms with Crippen molar-refractivity contribution in [1.29, 1.82) is 0 Å². The molecule has 2 N–H and O–H groups in total. The Morgan fingerprint density at radius 3 is 2.56 bits per heavy atom. The molecule has 8 nitrogen and oxygen atoms in total. The predicted molar refractivity (Wildman–Crippen MR) is 118 cm³/mol. The number of fused-ring (bicyclic) bond motifs is 1. The van der Waals surface area contributed by atoms with Crippen molar-refractivity contribution in [3.05, 3.63) is 52.4 Å². The van der Waals surface area contributed by atoms with E-state index in [0.29, 0.717) is 52.2 Å². The molecule has 0 bridgehead atoms. The molecule has 0 saturated carbocycles. The Kier molecular flexibility index (Phi) is 6.64. The van der Waals surface area contributed by atoms with Crippen LogP contribution in [0.25, 0.3) is 22.1 Å². The van der Waals surface area contributed by atoms with E-state index in [1.165, 1.54) is 17.2 Å². The summed E-state index contributed by atoms with van der Waals surface area (Å²) in [5.74, 6) is 0.968. The SMILES string of the molecule is COc1ccc(-c2coc3c(C[NH+]4CCN(CCO)CC4)c([O-])ccc3c2=O)cc1OC. The second-order valence-corrected chi connectivity index (χ2v) is 7.96. The summed E-state index contributed by atoms with van der Waals surface area (Å²) in [6.07, 6.45) is 1.42. The maximum absolute atomic E-state index is 13.3. The third-order valence-corrected chi connectivity index (χ3v) is 6.10. The first-order valence-corrected chi connectivity index (χ1v) is 10.7. The number of rotatable bonds is 7. The molecule has 0 spiro atoms. The Morgan fingerprint density at radius 1 is 1.12 bits per heavy atom. The highest BCUT2D eigenvalue weighted by Gasteiger charge is 2.22. The van der Waals surface area contributed by atoms with Gasteiger partial charge in [0, 0.05) is 25.2 Å². The number of quaternary nitrogens is 1. The zero-order valence-corrected chi connectivity index (χ0v) is 18.3. The van der Waals surface area contributed by atoms with E-state index in [4.69, 9.17) is 19.0 Å². The molecule has 2 aromatic carbocycles. The van der Waals surface area contributed by atoms with Crippen LogP contribution in [0.1, 0.15) is 5.56 Å². The van der Waals surface area contributed by atoms with Gasteiger partial charge in [-0.1, -0.05) is 17.9 Å². The normalized spacial score (nSPS) is 15.2. The van der Waals surface area contributed by atoms with Crippen molar-refractivity contribution in [2.45, 2.75) is 6.54 Å². The number of piperazine rings is 1. The van der Waals surface area contributed by atoms with E-state index >= 15 is 0 Å². The number of ether oxygens (including phenoxy) is 2. The van der Waals surface area contributed by atoms with Crippen LogP contribution < -0.4 is 24.9 Å². The van der Waals surface area contributed by atoms with Gasteiger partial charge in [0.05, 0.1) is 44.9 Å². The lowest BCUT2D eigenvalue weighted by atomic mass is 10.0. The van der Waals surface area contributed by atoms with Gasteiger partial charge in [0.1, 0.15) is 18.4 Å². The van der Waals surface area contributed by atoms with Crippen LogP contribution in [0.4, 0.5) is 0 Å². The van der Waals surface area contributed by atoms with Crippen molar-refractivity contribution >= 4 is 11.0 Å². The second-order valence-electron chi connectivity index (χ2n) is 7.96. The van der Waals surface area contributed by atoms with E-state index in [-0.39, 0.29) is 17.8 Å². The molecule has 0 amide bonds. The van der Waals surface area contributed by atoms with Crippen LogP contribution in [-0.4, -0.2) is 63.6 Å². The summed E-state index contributed by atoms with van der Waals surface area (Å²) in [6, 6.07) is 8.25. The Balaban J connectivity index is 1.67. The predicted octanol–water partition coefficient (Wildman–Crippen LogP) is 0.244. The third kappa shape index (κ3) is 4.29. The third-order valence-electron chi connectivity index (χ3n) is 6.10. The van der Waals surface area contributed by atoms with Gasteiger partial charge in [-0.25, -0.2) is 0 Å². The fraction of sp³-hybridized carbons (Fsp3) is 0.375. The van der Waals surface area contributed by atoms with Gasteiger partial charge < -0.3 is 29.0 Å². The molecule has 1 aromatic heterocycles. The minimum atomic E-state index is -0.192. The van der Waals surface area contributed by atoms with Crippen LogP contribution in [0.3, 0.4) is 0 Å². The Hall–Kier alpha value is -3.07. The topological polar surface area (TPSA) is 99.6 Å². The van der Waals surface area contributed by atoms with Crippen LogP contribution >= 0.6 is 0 Å². The van der Waals surface area contributed by atoms with Crippen molar-refractivity contribution in [1.82, 2.24) is 4.90 Å². The number of aliphatic hydroxyl groups is 1. The van der Waals surface area contributed by atoms with Crippen molar-refractivity contribution in [2.24, 2.45) is 0 Å². The average Bonchev–Trinajstić information content (AvgIpc) is 2.82. The van der Waals surface area contributed by atoms with Gasteiger partial charge >= 0.3 is 0 Å². The largest absolute Gasteiger partial charge is 0.872 e. The maximum atomic E-state index is 13.3. The van der Waals surface area contributed by atoms with Gasteiger partial charge in [-0.2, -0.15) is 0 Å². The zero-order valence-electron chi connectivity index (χ0n) is 18.3. The van der Waals surface area contributed by atoms with E-state index in [0.717, 1.165) is 26.2 Å². The minimum absolute atomic E-state index is 0.121. The van der Waals surface area contributed by atoms with E-state index in [9.17, 15) is 9.90 Å². The lowest BCUT2D eigenvalue weighted by Gasteiger charge is -2.32. The first kappa shape index (κ1) is 22.1. The summed E-state index contributed by atoms with van der Waals surface area (Å²) in [5.41, 5.74) is 1.74. The number of benzene rings is 2. The molecule has 0 aliphatic carbocycles. The number of methoxy groups -OCH3 is 2. The molecule has 1 fully saturated rings. The molecule has 0 unspecified atom stereocenters. The van der Waals surface area contributed by atoms with Gasteiger partial charge in [-0.05, 0) is 23.8 Å². The lowest BCUT2D eigenvalue weighted by Crippen LogP contribution is -3.13. The number of hydrogen-bond acceptors (Lipinski definition) is 7. The highest BCUT2D eigenvalue weighted by Crippen LogP contribution is 2.32. The average molecular weight is 440 g/mol. The van der Waals surface area contributed by atoms with Crippen LogP contribution in [0.15, 0.2) is 45.8 Å². The Bertz CT molecular complexity index is 1150. The molecular formula is C24H28N2O6. The van der Waals surface area contributed by atoms with Gasteiger partial charge in [-0.15, -0.1) is 0 Å². The summed E-state index contributed by atoms with van der Waals surface area (Å²) in [6.45, 7) is 4.78. The number of β-amino-alcohol motifs (C(OH)–C–C–N with tert-alkyl or cyclic N) is 1. The molecule has 1 saturated heterocycles. The molecule has 3 aromatic rings. The van der Waals surface area contributed by atoms with E-state index in [1.807, 2.05) is 0 Å². The molecule has 2 heterocycles. The number of aliphatic hydroxyl groups excluding tert-OH is 1. The van der Waals surface area contributed by atoms with E-state index in [2.05, 4.69) is 4.90 Å². The van der Waals surface area contributed by atoms with E-state index in [1.54, 1.807) is 38.5 Å². The molecule has 1 aliphatic heterocycles. The van der Waals surface area contributed by atoms with Crippen molar-refractivity contribution in [2.75, 3.05) is 53.6 Å². The molecule has 8 heteroatoms. The standard InChI is InChI=1S/C24H28N2O6/c1-30-21-6-3-16(13-22(21)31-2)19-15-32-24-17(23(19)29)4-5-20(28)18(24)14-26-9-7-25(8-10-26)11-12-27/h3-6,13,15,27-28H,7-12,14H2,1-2H3. The molecule has 4 rings (SSSR count). The maximum Gasteiger partial charge on any atom is 0.200 e. The monoisotopic (exact) mass is 440 g/mol. The van der Waals surface area contributed by atoms with Crippen LogP contribution in [0, 0.1) is 0 Å². The fourth-order valence-electron chi connectivity index (χ4n) is 4.27. The first-order chi connectivity index (χ1) is 15.5. The number of hydrogen-bond donors (Lipinski definition) is 2. The Labute approximate surface area is 186 Å². The first-order valence-electron chi connectivity index (χ1n) is 10.7. The molecule has 170 valence electrons. The summed E-state index contributed by atoms with van der Waals surface area (Å²) >= 11 is 0. The van der Waals surface area contributed by atoms with Crippen molar-refractivity contribution in [3.8, 4) is 28.4 Å². The molecular weight excluding hydrogens is 412 g/mol. The number of nitrogens with one attached hydrogen (secondary N) is 1. The van der Waals surface area contributed by atoms with Gasteiger partial charge in [-0.3, -0.25) is 9.69 Å². The highest BCUT2D eigenvalue weighted by molar-refractivity contribution is 5.85. The molecule has 0 atom stereocenters.